The molecular weight excluding hydrogens is 264 g/mol. The lowest BCUT2D eigenvalue weighted by Gasteiger charge is -2.25. The molecular formula is C16H20N4O. The van der Waals surface area contributed by atoms with Crippen LogP contribution in [0.2, 0.25) is 0 Å². The average Bonchev–Trinajstić information content (AvgIpc) is 2.68. The van der Waals surface area contributed by atoms with Gasteiger partial charge in [-0.2, -0.15) is 0 Å². The van der Waals surface area contributed by atoms with Crippen LogP contribution in [-0.2, 0) is 6.54 Å². The molecule has 0 unspecified atom stereocenters. The number of nitrogens with two attached hydrogens (primary N) is 1. The Labute approximate surface area is 124 Å². The fourth-order valence-corrected chi connectivity index (χ4v) is 2.71. The van der Waals surface area contributed by atoms with Gasteiger partial charge in [0.1, 0.15) is 30.3 Å². The zero-order chi connectivity index (χ0) is 14.8. The smallest absolute Gasteiger partial charge is 0.137 e. The number of benzene rings is 1. The number of hydrogen-bond acceptors (Lipinski definition) is 5. The van der Waals surface area contributed by atoms with Crippen LogP contribution >= 0.6 is 0 Å². The van der Waals surface area contributed by atoms with Crippen LogP contribution in [0.1, 0.15) is 30.9 Å². The number of aromatic nitrogens is 2. The van der Waals surface area contributed by atoms with Crippen LogP contribution in [0.4, 0.5) is 11.6 Å². The number of anilines is 2. The quantitative estimate of drug-likeness (QED) is 0.918. The van der Waals surface area contributed by atoms with E-state index < -0.39 is 0 Å². The van der Waals surface area contributed by atoms with Crippen molar-refractivity contribution in [3.05, 3.63) is 41.7 Å². The van der Waals surface area contributed by atoms with Crippen molar-refractivity contribution in [1.82, 2.24) is 9.97 Å². The fraction of sp³-hybridized carbons (Fsp3) is 0.375. The first kappa shape index (κ1) is 13.7. The summed E-state index contributed by atoms with van der Waals surface area (Å²) >= 11 is 0. The van der Waals surface area contributed by atoms with Gasteiger partial charge in [0.05, 0.1) is 6.54 Å². The number of fused-ring (bicyclic) bond motifs is 1. The summed E-state index contributed by atoms with van der Waals surface area (Å²) in [6.07, 6.45) is 1.54. The van der Waals surface area contributed by atoms with E-state index in [-0.39, 0.29) is 5.92 Å². The van der Waals surface area contributed by atoms with Crippen LogP contribution in [0.5, 0.6) is 5.75 Å². The average molecular weight is 284 g/mol. The topological polar surface area (TPSA) is 64.3 Å². The Morgan fingerprint density at radius 3 is 2.86 bits per heavy atom. The summed E-state index contributed by atoms with van der Waals surface area (Å²) in [7, 11) is 0. The van der Waals surface area contributed by atoms with E-state index in [1.54, 1.807) is 0 Å². The standard InChI is InChI=1S/C16H20N4O/c1-11(2)14-15(17)18-10-19-16(14)20-7-8-21-13-6-4-3-5-12(13)9-20/h3-6,10-11H,7-9H2,1-2H3,(H2,17,18,19). The summed E-state index contributed by atoms with van der Waals surface area (Å²) in [5.74, 6) is 2.71. The molecule has 1 aromatic heterocycles. The molecule has 0 bridgehead atoms. The van der Waals surface area contributed by atoms with E-state index in [1.807, 2.05) is 18.2 Å². The summed E-state index contributed by atoms with van der Waals surface area (Å²) in [6, 6.07) is 8.13. The highest BCUT2D eigenvalue weighted by atomic mass is 16.5. The number of rotatable bonds is 2. The molecule has 1 aliphatic heterocycles. The lowest BCUT2D eigenvalue weighted by molar-refractivity contribution is 0.331. The Morgan fingerprint density at radius 1 is 1.24 bits per heavy atom. The summed E-state index contributed by atoms with van der Waals surface area (Å²) in [4.78, 5) is 10.8. The second kappa shape index (κ2) is 5.60. The van der Waals surface area contributed by atoms with Crippen molar-refractivity contribution in [3.63, 3.8) is 0 Å². The second-order valence-electron chi connectivity index (χ2n) is 5.53. The van der Waals surface area contributed by atoms with Crippen molar-refractivity contribution in [1.29, 1.82) is 0 Å². The minimum atomic E-state index is 0.278. The second-order valence-corrected chi connectivity index (χ2v) is 5.53. The van der Waals surface area contributed by atoms with Crippen LogP contribution in [0.3, 0.4) is 0 Å². The molecule has 0 saturated heterocycles. The van der Waals surface area contributed by atoms with Crippen molar-refractivity contribution in [2.45, 2.75) is 26.3 Å². The van der Waals surface area contributed by atoms with E-state index in [0.29, 0.717) is 12.4 Å². The molecule has 21 heavy (non-hydrogen) atoms. The minimum absolute atomic E-state index is 0.278. The van der Waals surface area contributed by atoms with Crippen LogP contribution in [0, 0.1) is 0 Å². The Hall–Kier alpha value is -2.30. The third-order valence-electron chi connectivity index (χ3n) is 3.72. The first-order valence-electron chi connectivity index (χ1n) is 7.23. The van der Waals surface area contributed by atoms with Gasteiger partial charge in [0, 0.05) is 17.7 Å². The molecule has 2 aromatic rings. The monoisotopic (exact) mass is 284 g/mol. The molecule has 1 aromatic carbocycles. The van der Waals surface area contributed by atoms with Gasteiger partial charge in [-0.3, -0.25) is 0 Å². The van der Waals surface area contributed by atoms with Gasteiger partial charge in [0.25, 0.3) is 0 Å². The number of ether oxygens (including phenoxy) is 1. The Bertz CT molecular complexity index is 642. The molecule has 1 aliphatic rings. The van der Waals surface area contributed by atoms with E-state index in [2.05, 4.69) is 34.8 Å². The molecule has 0 aliphatic carbocycles. The highest BCUT2D eigenvalue weighted by Gasteiger charge is 2.21. The molecule has 0 radical (unpaired) electrons. The molecule has 2 N–H and O–H groups in total. The van der Waals surface area contributed by atoms with Gasteiger partial charge >= 0.3 is 0 Å². The fourth-order valence-electron chi connectivity index (χ4n) is 2.71. The Balaban J connectivity index is 2.00. The zero-order valence-corrected chi connectivity index (χ0v) is 12.4. The number of para-hydroxylation sites is 1. The van der Waals surface area contributed by atoms with Crippen molar-refractivity contribution in [2.75, 3.05) is 23.8 Å². The third kappa shape index (κ3) is 2.63. The molecule has 5 nitrogen and oxygen atoms in total. The van der Waals surface area contributed by atoms with Crippen molar-refractivity contribution in [3.8, 4) is 5.75 Å². The van der Waals surface area contributed by atoms with E-state index in [1.165, 1.54) is 11.9 Å². The van der Waals surface area contributed by atoms with Crippen molar-refractivity contribution in [2.24, 2.45) is 0 Å². The molecule has 0 amide bonds. The highest BCUT2D eigenvalue weighted by molar-refractivity contribution is 5.59. The Morgan fingerprint density at radius 2 is 2.05 bits per heavy atom. The predicted molar refractivity (Wildman–Crippen MR) is 83.5 cm³/mol. The van der Waals surface area contributed by atoms with Gasteiger partial charge in [-0.15, -0.1) is 0 Å². The van der Waals surface area contributed by atoms with Gasteiger partial charge in [-0.1, -0.05) is 32.0 Å². The molecule has 110 valence electrons. The molecule has 0 spiro atoms. The number of nitrogens with zero attached hydrogens (tertiary/aromatic N) is 3. The largest absolute Gasteiger partial charge is 0.491 e. The summed E-state index contributed by atoms with van der Waals surface area (Å²) < 4.78 is 5.81. The predicted octanol–water partition coefficient (Wildman–Crippen LogP) is 2.58. The maximum Gasteiger partial charge on any atom is 0.137 e. The third-order valence-corrected chi connectivity index (χ3v) is 3.72. The van der Waals surface area contributed by atoms with Gasteiger partial charge in [-0.25, -0.2) is 9.97 Å². The van der Waals surface area contributed by atoms with E-state index in [4.69, 9.17) is 10.5 Å². The van der Waals surface area contributed by atoms with Gasteiger partial charge in [0.15, 0.2) is 0 Å². The van der Waals surface area contributed by atoms with Crippen molar-refractivity contribution < 1.29 is 4.74 Å². The van der Waals surface area contributed by atoms with Gasteiger partial charge < -0.3 is 15.4 Å². The van der Waals surface area contributed by atoms with Crippen LogP contribution in [-0.4, -0.2) is 23.1 Å². The lowest BCUT2D eigenvalue weighted by Crippen LogP contribution is -2.28. The molecule has 0 saturated carbocycles. The van der Waals surface area contributed by atoms with Crippen LogP contribution in [0.25, 0.3) is 0 Å². The summed E-state index contributed by atoms with van der Waals surface area (Å²) in [6.45, 7) is 6.41. The molecule has 2 heterocycles. The van der Waals surface area contributed by atoms with Gasteiger partial charge in [0.2, 0.25) is 0 Å². The van der Waals surface area contributed by atoms with Crippen molar-refractivity contribution >= 4 is 11.6 Å². The van der Waals surface area contributed by atoms with Crippen LogP contribution < -0.4 is 15.4 Å². The maximum atomic E-state index is 6.05. The SMILES string of the molecule is CC(C)c1c(N)ncnc1N1CCOc2ccccc2C1. The van der Waals surface area contributed by atoms with Crippen LogP contribution in [0.15, 0.2) is 30.6 Å². The first-order valence-corrected chi connectivity index (χ1v) is 7.23. The molecule has 3 rings (SSSR count). The normalized spacial score (nSPS) is 14.5. The molecule has 0 fully saturated rings. The maximum absolute atomic E-state index is 6.05. The number of hydrogen-bond donors (Lipinski definition) is 1. The lowest BCUT2D eigenvalue weighted by atomic mass is 10.0. The summed E-state index contributed by atoms with van der Waals surface area (Å²) in [5.41, 5.74) is 8.23. The molecule has 0 atom stereocenters. The van der Waals surface area contributed by atoms with E-state index in [9.17, 15) is 0 Å². The van der Waals surface area contributed by atoms with E-state index >= 15 is 0 Å². The minimum Gasteiger partial charge on any atom is -0.491 e. The number of nitrogen functional groups attached to an aromatic ring is 1. The zero-order valence-electron chi connectivity index (χ0n) is 12.4. The Kier molecular flexibility index (Phi) is 3.64. The van der Waals surface area contributed by atoms with E-state index in [0.717, 1.165) is 30.2 Å². The first-order chi connectivity index (χ1) is 10.2. The summed E-state index contributed by atoms with van der Waals surface area (Å²) in [5, 5.41) is 0. The van der Waals surface area contributed by atoms with Gasteiger partial charge in [-0.05, 0) is 12.0 Å². The highest BCUT2D eigenvalue weighted by Crippen LogP contribution is 2.32. The molecule has 5 heteroatoms.